The largest absolute Gasteiger partial charge is 0.496 e. The Labute approximate surface area is 140 Å². The van der Waals surface area contributed by atoms with Crippen molar-refractivity contribution in [3.63, 3.8) is 0 Å². The summed E-state index contributed by atoms with van der Waals surface area (Å²) in [5.74, 6) is 0.621. The fraction of sp³-hybridized carbons (Fsp3) is 0.278. The molecular formula is C18H20FNO4. The number of hydrogen-bond donors (Lipinski definition) is 1. The van der Waals surface area contributed by atoms with E-state index in [9.17, 15) is 9.18 Å². The lowest BCUT2D eigenvalue weighted by atomic mass is 10.1. The summed E-state index contributed by atoms with van der Waals surface area (Å²) in [6.07, 6.45) is 0. The van der Waals surface area contributed by atoms with Crippen LogP contribution in [0.2, 0.25) is 0 Å². The van der Waals surface area contributed by atoms with Gasteiger partial charge in [0, 0.05) is 12.1 Å². The van der Waals surface area contributed by atoms with Crippen LogP contribution in [0.4, 0.5) is 4.39 Å². The Hall–Kier alpha value is -2.76. The fourth-order valence-corrected chi connectivity index (χ4v) is 2.32. The zero-order valence-corrected chi connectivity index (χ0v) is 14.1. The van der Waals surface area contributed by atoms with Gasteiger partial charge >= 0.3 is 0 Å². The number of carbonyl (C=O) groups is 1. The summed E-state index contributed by atoms with van der Waals surface area (Å²) in [7, 11) is 4.47. The van der Waals surface area contributed by atoms with Gasteiger partial charge in [0.2, 0.25) is 0 Å². The molecule has 6 heteroatoms. The first kappa shape index (κ1) is 17.6. The lowest BCUT2D eigenvalue weighted by molar-refractivity contribution is 0.0936. The lowest BCUT2D eigenvalue weighted by Gasteiger charge is -2.17. The van der Waals surface area contributed by atoms with Crippen molar-refractivity contribution in [1.82, 2.24) is 5.32 Å². The first-order valence-electron chi connectivity index (χ1n) is 7.36. The minimum Gasteiger partial charge on any atom is -0.496 e. The van der Waals surface area contributed by atoms with Gasteiger partial charge in [0.1, 0.15) is 11.6 Å². The van der Waals surface area contributed by atoms with E-state index in [1.165, 1.54) is 33.5 Å². The first-order chi connectivity index (χ1) is 11.5. The smallest absolute Gasteiger partial charge is 0.255 e. The van der Waals surface area contributed by atoms with E-state index in [1.54, 1.807) is 24.3 Å². The minimum absolute atomic E-state index is 0.295. The molecule has 128 valence electrons. The molecule has 1 amide bonds. The molecule has 0 bridgehead atoms. The standard InChI is InChI=1S/C18H20FNO4/c1-11(12-5-7-13(19)8-6-12)20-18(21)14-9-16(23-3)17(24-4)10-15(14)22-2/h5-11H,1-4H3,(H,20,21)/t11-/m0/s1. The van der Waals surface area contributed by atoms with Crippen molar-refractivity contribution < 1.29 is 23.4 Å². The third-order valence-corrected chi connectivity index (χ3v) is 3.67. The predicted molar refractivity (Wildman–Crippen MR) is 88.4 cm³/mol. The number of amides is 1. The molecule has 2 aromatic carbocycles. The van der Waals surface area contributed by atoms with Gasteiger partial charge in [-0.15, -0.1) is 0 Å². The molecule has 0 unspecified atom stereocenters. The number of rotatable bonds is 6. The van der Waals surface area contributed by atoms with E-state index >= 15 is 0 Å². The minimum atomic E-state index is -0.329. The fourth-order valence-electron chi connectivity index (χ4n) is 2.32. The molecular weight excluding hydrogens is 313 g/mol. The van der Waals surface area contributed by atoms with Crippen LogP contribution < -0.4 is 19.5 Å². The van der Waals surface area contributed by atoms with E-state index in [-0.39, 0.29) is 17.8 Å². The predicted octanol–water partition coefficient (Wildman–Crippen LogP) is 3.34. The maximum atomic E-state index is 13.0. The zero-order chi connectivity index (χ0) is 17.7. The van der Waals surface area contributed by atoms with Gasteiger partial charge in [-0.2, -0.15) is 0 Å². The molecule has 0 aromatic heterocycles. The molecule has 0 heterocycles. The Kier molecular flexibility index (Phi) is 5.63. The van der Waals surface area contributed by atoms with Crippen LogP contribution in [-0.2, 0) is 0 Å². The molecule has 1 atom stereocenters. The summed E-state index contributed by atoms with van der Waals surface area (Å²) in [5, 5.41) is 2.86. The second-order valence-corrected chi connectivity index (χ2v) is 5.15. The highest BCUT2D eigenvalue weighted by molar-refractivity contribution is 5.98. The van der Waals surface area contributed by atoms with Crippen LogP contribution in [0.25, 0.3) is 0 Å². The lowest BCUT2D eigenvalue weighted by Crippen LogP contribution is -2.27. The van der Waals surface area contributed by atoms with Gasteiger partial charge in [-0.3, -0.25) is 4.79 Å². The van der Waals surface area contributed by atoms with Crippen molar-refractivity contribution in [2.75, 3.05) is 21.3 Å². The molecule has 0 aliphatic heterocycles. The van der Waals surface area contributed by atoms with Crippen LogP contribution in [0.5, 0.6) is 17.2 Å². The van der Waals surface area contributed by atoms with Crippen LogP contribution in [-0.4, -0.2) is 27.2 Å². The van der Waals surface area contributed by atoms with Gasteiger partial charge in [0.25, 0.3) is 5.91 Å². The van der Waals surface area contributed by atoms with Gasteiger partial charge < -0.3 is 19.5 Å². The molecule has 0 saturated carbocycles. The van der Waals surface area contributed by atoms with E-state index < -0.39 is 0 Å². The Morgan fingerprint density at radius 2 is 1.50 bits per heavy atom. The van der Waals surface area contributed by atoms with Crippen LogP contribution in [0.15, 0.2) is 36.4 Å². The van der Waals surface area contributed by atoms with Gasteiger partial charge in [0.05, 0.1) is 32.9 Å². The van der Waals surface area contributed by atoms with Crippen LogP contribution in [0.3, 0.4) is 0 Å². The molecule has 0 spiro atoms. The number of benzene rings is 2. The number of carbonyl (C=O) groups excluding carboxylic acids is 1. The number of hydrogen-bond acceptors (Lipinski definition) is 4. The van der Waals surface area contributed by atoms with Crippen molar-refractivity contribution in [2.24, 2.45) is 0 Å². The summed E-state index contributed by atoms with van der Waals surface area (Å²) >= 11 is 0. The van der Waals surface area contributed by atoms with Gasteiger partial charge in [-0.25, -0.2) is 4.39 Å². The maximum absolute atomic E-state index is 13.0. The Morgan fingerprint density at radius 3 is 2.04 bits per heavy atom. The second kappa shape index (κ2) is 7.68. The summed E-state index contributed by atoms with van der Waals surface area (Å²) in [6, 6.07) is 8.83. The van der Waals surface area contributed by atoms with E-state index in [2.05, 4.69) is 5.32 Å². The Morgan fingerprint density at radius 1 is 0.958 bits per heavy atom. The molecule has 0 aliphatic carbocycles. The number of methoxy groups -OCH3 is 3. The van der Waals surface area contributed by atoms with Crippen molar-refractivity contribution >= 4 is 5.91 Å². The monoisotopic (exact) mass is 333 g/mol. The summed E-state index contributed by atoms with van der Waals surface area (Å²) in [5.41, 5.74) is 1.12. The molecule has 5 nitrogen and oxygen atoms in total. The topological polar surface area (TPSA) is 56.8 Å². The van der Waals surface area contributed by atoms with Gasteiger partial charge in [-0.05, 0) is 24.6 Å². The summed E-state index contributed by atoms with van der Waals surface area (Å²) < 4.78 is 28.7. The average molecular weight is 333 g/mol. The van der Waals surface area contributed by atoms with Crippen LogP contribution in [0.1, 0.15) is 28.9 Å². The summed E-state index contributed by atoms with van der Waals surface area (Å²) in [4.78, 5) is 12.6. The first-order valence-corrected chi connectivity index (χ1v) is 7.36. The molecule has 2 rings (SSSR count). The molecule has 2 aromatic rings. The maximum Gasteiger partial charge on any atom is 0.255 e. The van der Waals surface area contributed by atoms with Crippen LogP contribution in [0, 0.1) is 5.82 Å². The molecule has 0 radical (unpaired) electrons. The highest BCUT2D eigenvalue weighted by atomic mass is 19.1. The van der Waals surface area contributed by atoms with Crippen molar-refractivity contribution in [3.8, 4) is 17.2 Å². The quantitative estimate of drug-likeness (QED) is 0.881. The van der Waals surface area contributed by atoms with Gasteiger partial charge in [-0.1, -0.05) is 12.1 Å². The van der Waals surface area contributed by atoms with Crippen molar-refractivity contribution in [2.45, 2.75) is 13.0 Å². The van der Waals surface area contributed by atoms with Crippen molar-refractivity contribution in [1.29, 1.82) is 0 Å². The number of ether oxygens (including phenoxy) is 3. The third kappa shape index (κ3) is 3.76. The average Bonchev–Trinajstić information content (AvgIpc) is 2.60. The normalized spacial score (nSPS) is 11.5. The van der Waals surface area contributed by atoms with Gasteiger partial charge in [0.15, 0.2) is 11.5 Å². The molecule has 0 fully saturated rings. The van der Waals surface area contributed by atoms with E-state index in [4.69, 9.17) is 14.2 Å². The Balaban J connectivity index is 2.26. The molecule has 0 aliphatic rings. The third-order valence-electron chi connectivity index (χ3n) is 3.67. The highest BCUT2D eigenvalue weighted by Crippen LogP contribution is 2.34. The van der Waals surface area contributed by atoms with Crippen molar-refractivity contribution in [3.05, 3.63) is 53.3 Å². The van der Waals surface area contributed by atoms with E-state index in [1.807, 2.05) is 6.92 Å². The van der Waals surface area contributed by atoms with E-state index in [0.717, 1.165) is 5.56 Å². The molecule has 24 heavy (non-hydrogen) atoms. The molecule has 1 N–H and O–H groups in total. The van der Waals surface area contributed by atoms with E-state index in [0.29, 0.717) is 22.8 Å². The highest BCUT2D eigenvalue weighted by Gasteiger charge is 2.19. The summed E-state index contributed by atoms with van der Waals surface area (Å²) in [6.45, 7) is 1.82. The number of nitrogens with one attached hydrogen (secondary N) is 1. The van der Waals surface area contributed by atoms with Crippen LogP contribution >= 0.6 is 0 Å². The number of halogens is 1. The second-order valence-electron chi connectivity index (χ2n) is 5.15. The SMILES string of the molecule is COc1cc(OC)c(C(=O)N[C@@H](C)c2ccc(F)cc2)cc1OC. The molecule has 0 saturated heterocycles. The zero-order valence-electron chi connectivity index (χ0n) is 14.1. The Bertz CT molecular complexity index is 716.